The van der Waals surface area contributed by atoms with E-state index in [1.807, 2.05) is 24.3 Å². The number of anilines is 2. The number of thiazole rings is 1. The normalized spacial score (nSPS) is 10.8. The number of nitrogens with one attached hydrogen (secondary N) is 1. The average molecular weight is 400 g/mol. The van der Waals surface area contributed by atoms with E-state index in [4.69, 9.17) is 4.74 Å². The fourth-order valence-electron chi connectivity index (χ4n) is 2.71. The molecule has 0 aliphatic rings. The van der Waals surface area contributed by atoms with Gasteiger partial charge in [-0.3, -0.25) is 19.8 Å². The topological polar surface area (TPSA) is 97.6 Å². The largest absolute Gasteiger partial charge is 0.383 e. The molecular formula is C19H20N4O4S. The van der Waals surface area contributed by atoms with Crippen molar-refractivity contribution < 1.29 is 14.5 Å². The summed E-state index contributed by atoms with van der Waals surface area (Å²) in [5.74, 6) is -0.123. The lowest BCUT2D eigenvalue weighted by Gasteiger charge is -2.19. The predicted molar refractivity (Wildman–Crippen MR) is 110 cm³/mol. The van der Waals surface area contributed by atoms with Crippen molar-refractivity contribution in [1.82, 2.24) is 4.98 Å². The zero-order valence-corrected chi connectivity index (χ0v) is 16.1. The fraction of sp³-hybridized carbons (Fsp3) is 0.263. The van der Waals surface area contributed by atoms with E-state index in [1.54, 1.807) is 30.2 Å². The number of methoxy groups -OCH3 is 1. The number of nitro benzene ring substituents is 1. The molecule has 0 aliphatic heterocycles. The summed E-state index contributed by atoms with van der Waals surface area (Å²) in [6.45, 7) is 1.05. The minimum absolute atomic E-state index is 0.0163. The van der Waals surface area contributed by atoms with Crippen LogP contribution in [0, 0.1) is 10.1 Å². The van der Waals surface area contributed by atoms with Crippen LogP contribution in [-0.2, 0) is 9.53 Å². The van der Waals surface area contributed by atoms with Crippen LogP contribution in [0.5, 0.6) is 0 Å². The zero-order chi connectivity index (χ0) is 19.9. The molecule has 1 amide bonds. The van der Waals surface area contributed by atoms with Crippen LogP contribution in [0.1, 0.15) is 6.42 Å². The molecule has 146 valence electrons. The Labute approximate surface area is 165 Å². The molecule has 1 N–H and O–H groups in total. The number of carbonyl (C=O) groups is 1. The number of nitro groups is 1. The van der Waals surface area contributed by atoms with Crippen molar-refractivity contribution in [3.8, 4) is 0 Å². The molecule has 1 heterocycles. The molecule has 0 aliphatic carbocycles. The molecule has 0 saturated carbocycles. The van der Waals surface area contributed by atoms with Crippen molar-refractivity contribution in [3.05, 3.63) is 58.6 Å². The number of carbonyl (C=O) groups excluding carboxylic acids is 1. The van der Waals surface area contributed by atoms with E-state index in [0.29, 0.717) is 24.0 Å². The van der Waals surface area contributed by atoms with Gasteiger partial charge in [0.15, 0.2) is 5.13 Å². The van der Waals surface area contributed by atoms with Crippen LogP contribution in [0.25, 0.3) is 10.2 Å². The lowest BCUT2D eigenvalue weighted by atomic mass is 10.2. The molecule has 0 unspecified atom stereocenters. The van der Waals surface area contributed by atoms with Crippen LogP contribution >= 0.6 is 11.3 Å². The van der Waals surface area contributed by atoms with Gasteiger partial charge in [-0.2, -0.15) is 0 Å². The molecule has 0 bridgehead atoms. The molecule has 2 aromatic carbocycles. The fourth-order valence-corrected chi connectivity index (χ4v) is 3.72. The second kappa shape index (κ2) is 9.25. The number of aromatic nitrogens is 1. The number of hydrogen-bond acceptors (Lipinski definition) is 7. The van der Waals surface area contributed by atoms with Crippen LogP contribution in [0.15, 0.2) is 48.5 Å². The van der Waals surface area contributed by atoms with E-state index in [0.717, 1.165) is 10.2 Å². The first-order valence-corrected chi connectivity index (χ1v) is 9.54. The van der Waals surface area contributed by atoms with Crippen molar-refractivity contribution in [2.24, 2.45) is 0 Å². The number of ether oxygens (including phenoxy) is 1. The standard InChI is InChI=1S/C19H20N4O4S/c1-27-13-12-22(19-21-15-7-3-5-9-17(15)28-19)18(24)10-11-20-14-6-2-4-8-16(14)23(25)26/h2-9,20H,10-13H2,1H3. The van der Waals surface area contributed by atoms with Crippen LogP contribution < -0.4 is 10.2 Å². The molecule has 28 heavy (non-hydrogen) atoms. The summed E-state index contributed by atoms with van der Waals surface area (Å²) in [6, 6.07) is 14.1. The number of hydrogen-bond donors (Lipinski definition) is 1. The molecule has 0 saturated heterocycles. The van der Waals surface area contributed by atoms with Gasteiger partial charge in [-0.1, -0.05) is 35.6 Å². The van der Waals surface area contributed by atoms with Gasteiger partial charge < -0.3 is 10.1 Å². The second-order valence-electron chi connectivity index (χ2n) is 5.95. The number of nitrogens with zero attached hydrogens (tertiary/aromatic N) is 3. The van der Waals surface area contributed by atoms with Crippen LogP contribution in [0.3, 0.4) is 0 Å². The number of amides is 1. The minimum atomic E-state index is -0.448. The van der Waals surface area contributed by atoms with E-state index in [1.165, 1.54) is 17.4 Å². The van der Waals surface area contributed by atoms with Gasteiger partial charge in [-0.05, 0) is 18.2 Å². The quantitative estimate of drug-likeness (QED) is 0.435. The van der Waals surface area contributed by atoms with Gasteiger partial charge in [0, 0.05) is 26.1 Å². The summed E-state index contributed by atoms with van der Waals surface area (Å²) < 4.78 is 6.13. The number of fused-ring (bicyclic) bond motifs is 1. The van der Waals surface area contributed by atoms with Crippen molar-refractivity contribution in [1.29, 1.82) is 0 Å². The maximum absolute atomic E-state index is 12.8. The van der Waals surface area contributed by atoms with E-state index < -0.39 is 4.92 Å². The second-order valence-corrected chi connectivity index (χ2v) is 6.96. The summed E-state index contributed by atoms with van der Waals surface area (Å²) in [5.41, 5.74) is 1.22. The Morgan fingerprint density at radius 3 is 2.75 bits per heavy atom. The Morgan fingerprint density at radius 1 is 1.25 bits per heavy atom. The Kier molecular flexibility index (Phi) is 6.51. The lowest BCUT2D eigenvalue weighted by Crippen LogP contribution is -2.34. The van der Waals surface area contributed by atoms with Crippen LogP contribution in [-0.4, -0.2) is 42.6 Å². The third-order valence-electron chi connectivity index (χ3n) is 4.09. The predicted octanol–water partition coefficient (Wildman–Crippen LogP) is 3.69. The summed E-state index contributed by atoms with van der Waals surface area (Å²) in [6.07, 6.45) is 0.172. The molecule has 9 heteroatoms. The Balaban J connectivity index is 1.69. The first kappa shape index (κ1) is 19.7. The van der Waals surface area contributed by atoms with Gasteiger partial charge in [-0.25, -0.2) is 4.98 Å². The Bertz CT molecular complexity index is 942. The highest BCUT2D eigenvalue weighted by atomic mass is 32.1. The van der Waals surface area contributed by atoms with Gasteiger partial charge in [0.05, 0.1) is 28.3 Å². The molecule has 0 spiro atoms. The smallest absolute Gasteiger partial charge is 0.292 e. The third-order valence-corrected chi connectivity index (χ3v) is 5.15. The van der Waals surface area contributed by atoms with Crippen molar-refractivity contribution in [3.63, 3.8) is 0 Å². The van der Waals surface area contributed by atoms with Gasteiger partial charge in [0.1, 0.15) is 5.69 Å². The van der Waals surface area contributed by atoms with Crippen molar-refractivity contribution in [2.75, 3.05) is 37.0 Å². The molecule has 3 aromatic rings. The third kappa shape index (κ3) is 4.62. The van der Waals surface area contributed by atoms with Crippen LogP contribution in [0.4, 0.5) is 16.5 Å². The molecule has 8 nitrogen and oxygen atoms in total. The SMILES string of the molecule is COCCN(C(=O)CCNc1ccccc1[N+](=O)[O-])c1nc2ccccc2s1. The first-order chi connectivity index (χ1) is 13.6. The van der Waals surface area contributed by atoms with E-state index in [-0.39, 0.29) is 24.6 Å². The van der Waals surface area contributed by atoms with E-state index in [9.17, 15) is 14.9 Å². The van der Waals surface area contributed by atoms with Crippen molar-refractivity contribution >= 4 is 44.0 Å². The number of para-hydroxylation sites is 3. The monoisotopic (exact) mass is 400 g/mol. The van der Waals surface area contributed by atoms with Gasteiger partial charge in [-0.15, -0.1) is 0 Å². The highest BCUT2D eigenvalue weighted by Crippen LogP contribution is 2.29. The lowest BCUT2D eigenvalue weighted by molar-refractivity contribution is -0.384. The highest BCUT2D eigenvalue weighted by Gasteiger charge is 2.20. The first-order valence-electron chi connectivity index (χ1n) is 8.72. The highest BCUT2D eigenvalue weighted by molar-refractivity contribution is 7.22. The molecular weight excluding hydrogens is 380 g/mol. The molecule has 0 fully saturated rings. The Hall–Kier alpha value is -3.04. The minimum Gasteiger partial charge on any atom is -0.383 e. The molecule has 1 aromatic heterocycles. The summed E-state index contributed by atoms with van der Waals surface area (Å²) in [5, 5.41) is 14.7. The van der Waals surface area contributed by atoms with Crippen molar-refractivity contribution in [2.45, 2.75) is 6.42 Å². The van der Waals surface area contributed by atoms with E-state index in [2.05, 4.69) is 10.3 Å². The molecule has 3 rings (SSSR count). The summed E-state index contributed by atoms with van der Waals surface area (Å²) in [7, 11) is 1.58. The average Bonchev–Trinajstić information content (AvgIpc) is 3.12. The molecule has 0 radical (unpaired) electrons. The van der Waals surface area contributed by atoms with E-state index >= 15 is 0 Å². The van der Waals surface area contributed by atoms with Gasteiger partial charge in [0.25, 0.3) is 5.69 Å². The maximum atomic E-state index is 12.8. The summed E-state index contributed by atoms with van der Waals surface area (Å²) >= 11 is 1.45. The zero-order valence-electron chi connectivity index (χ0n) is 15.3. The van der Waals surface area contributed by atoms with Gasteiger partial charge >= 0.3 is 0 Å². The van der Waals surface area contributed by atoms with Gasteiger partial charge in [0.2, 0.25) is 5.91 Å². The number of benzene rings is 2. The molecule has 0 atom stereocenters. The Morgan fingerprint density at radius 2 is 2.00 bits per heavy atom. The maximum Gasteiger partial charge on any atom is 0.292 e. The number of rotatable bonds is 9. The van der Waals surface area contributed by atoms with Crippen LogP contribution in [0.2, 0.25) is 0 Å². The summed E-state index contributed by atoms with van der Waals surface area (Å²) in [4.78, 5) is 29.6.